The number of hydrogen-bond donors (Lipinski definition) is 1. The van der Waals surface area contributed by atoms with E-state index in [1.54, 1.807) is 6.07 Å². The van der Waals surface area contributed by atoms with E-state index in [4.69, 9.17) is 11.6 Å². The van der Waals surface area contributed by atoms with Gasteiger partial charge >= 0.3 is 0 Å². The van der Waals surface area contributed by atoms with Crippen LogP contribution in [0.2, 0.25) is 5.02 Å². The SMILES string of the molecule is O=Nc1ccc(Cl)c(-c2nn[nH]n2)c1. The van der Waals surface area contributed by atoms with Gasteiger partial charge in [0.05, 0.1) is 5.02 Å². The summed E-state index contributed by atoms with van der Waals surface area (Å²) in [6.07, 6.45) is 0. The normalized spacial score (nSPS) is 10.1. The van der Waals surface area contributed by atoms with Crippen molar-refractivity contribution in [3.05, 3.63) is 28.1 Å². The van der Waals surface area contributed by atoms with E-state index in [0.717, 1.165) is 0 Å². The molecule has 2 rings (SSSR count). The Morgan fingerprint density at radius 1 is 1.43 bits per heavy atom. The fraction of sp³-hybridized carbons (Fsp3) is 0. The van der Waals surface area contributed by atoms with Crippen molar-refractivity contribution >= 4 is 17.3 Å². The van der Waals surface area contributed by atoms with Gasteiger partial charge in [-0.15, -0.1) is 15.1 Å². The van der Waals surface area contributed by atoms with Crippen LogP contribution in [-0.2, 0) is 0 Å². The van der Waals surface area contributed by atoms with Gasteiger partial charge in [-0.05, 0) is 28.6 Å². The number of nitrogens with zero attached hydrogens (tertiary/aromatic N) is 4. The van der Waals surface area contributed by atoms with E-state index in [0.29, 0.717) is 16.4 Å². The van der Waals surface area contributed by atoms with Crippen LogP contribution in [0.5, 0.6) is 0 Å². The van der Waals surface area contributed by atoms with Crippen molar-refractivity contribution in [1.82, 2.24) is 20.6 Å². The highest BCUT2D eigenvalue weighted by Crippen LogP contribution is 2.28. The molecule has 0 aliphatic carbocycles. The molecular formula is C7H4ClN5O. The average molecular weight is 210 g/mol. The lowest BCUT2D eigenvalue weighted by Crippen LogP contribution is -1.82. The molecule has 0 radical (unpaired) electrons. The van der Waals surface area contributed by atoms with E-state index >= 15 is 0 Å². The zero-order valence-corrected chi connectivity index (χ0v) is 7.56. The van der Waals surface area contributed by atoms with Crippen LogP contribution in [-0.4, -0.2) is 20.6 Å². The van der Waals surface area contributed by atoms with Crippen LogP contribution >= 0.6 is 11.6 Å². The third-order valence-corrected chi connectivity index (χ3v) is 1.97. The van der Waals surface area contributed by atoms with E-state index in [1.807, 2.05) is 0 Å². The first-order valence-corrected chi connectivity index (χ1v) is 4.06. The lowest BCUT2D eigenvalue weighted by Gasteiger charge is -1.97. The van der Waals surface area contributed by atoms with Crippen molar-refractivity contribution in [2.24, 2.45) is 5.18 Å². The van der Waals surface area contributed by atoms with Crippen LogP contribution < -0.4 is 0 Å². The van der Waals surface area contributed by atoms with Gasteiger partial charge in [-0.25, -0.2) is 0 Å². The highest BCUT2D eigenvalue weighted by molar-refractivity contribution is 6.33. The second-order valence-electron chi connectivity index (χ2n) is 2.49. The predicted molar refractivity (Wildman–Crippen MR) is 50.1 cm³/mol. The molecule has 1 heterocycles. The molecule has 0 saturated carbocycles. The monoisotopic (exact) mass is 209 g/mol. The number of hydrogen-bond acceptors (Lipinski definition) is 5. The number of nitrogens with one attached hydrogen (secondary N) is 1. The van der Waals surface area contributed by atoms with Gasteiger partial charge in [0.25, 0.3) is 0 Å². The molecule has 0 fully saturated rings. The Morgan fingerprint density at radius 2 is 2.29 bits per heavy atom. The molecule has 0 spiro atoms. The standard InChI is InChI=1S/C7H4ClN5O/c8-6-2-1-4(11-14)3-5(6)7-9-12-13-10-7/h1-3H,(H,9,10,12,13). The molecule has 0 atom stereocenters. The molecule has 6 nitrogen and oxygen atoms in total. The molecule has 0 unspecified atom stereocenters. The van der Waals surface area contributed by atoms with Gasteiger partial charge in [0.15, 0.2) is 0 Å². The second-order valence-corrected chi connectivity index (χ2v) is 2.90. The molecule has 7 heteroatoms. The highest BCUT2D eigenvalue weighted by atomic mass is 35.5. The van der Waals surface area contributed by atoms with Gasteiger partial charge in [-0.3, -0.25) is 0 Å². The van der Waals surface area contributed by atoms with E-state index in [9.17, 15) is 4.91 Å². The number of H-pyrrole nitrogens is 1. The Balaban J connectivity index is 2.57. The summed E-state index contributed by atoms with van der Waals surface area (Å²) in [6.45, 7) is 0. The summed E-state index contributed by atoms with van der Waals surface area (Å²) in [4.78, 5) is 10.3. The van der Waals surface area contributed by atoms with Gasteiger partial charge in [0.1, 0.15) is 5.69 Å². The number of nitroso groups, excluding NO2 is 1. The van der Waals surface area contributed by atoms with Crippen LogP contribution in [0.3, 0.4) is 0 Å². The quantitative estimate of drug-likeness (QED) is 0.766. The van der Waals surface area contributed by atoms with Crippen molar-refractivity contribution in [3.8, 4) is 11.4 Å². The van der Waals surface area contributed by atoms with Gasteiger partial charge in [0.2, 0.25) is 5.82 Å². The van der Waals surface area contributed by atoms with Crippen molar-refractivity contribution in [1.29, 1.82) is 0 Å². The summed E-state index contributed by atoms with van der Waals surface area (Å²) in [6, 6.07) is 4.57. The highest BCUT2D eigenvalue weighted by Gasteiger charge is 2.08. The summed E-state index contributed by atoms with van der Waals surface area (Å²) >= 11 is 5.88. The van der Waals surface area contributed by atoms with Crippen LogP contribution in [0.1, 0.15) is 0 Å². The van der Waals surface area contributed by atoms with Gasteiger partial charge in [-0.2, -0.15) is 5.21 Å². The molecule has 0 bridgehead atoms. The minimum atomic E-state index is 0.272. The van der Waals surface area contributed by atoms with E-state index in [1.165, 1.54) is 12.1 Å². The van der Waals surface area contributed by atoms with Crippen LogP contribution in [0.15, 0.2) is 23.4 Å². The first-order valence-electron chi connectivity index (χ1n) is 3.68. The van der Waals surface area contributed by atoms with Crippen LogP contribution in [0, 0.1) is 4.91 Å². The number of aromatic nitrogens is 4. The Hall–Kier alpha value is -1.82. The molecular weight excluding hydrogens is 206 g/mol. The maximum absolute atomic E-state index is 10.3. The number of benzene rings is 1. The third-order valence-electron chi connectivity index (χ3n) is 1.64. The molecule has 1 N–H and O–H groups in total. The molecule has 70 valence electrons. The van der Waals surface area contributed by atoms with Crippen LogP contribution in [0.4, 0.5) is 5.69 Å². The van der Waals surface area contributed by atoms with Crippen molar-refractivity contribution in [2.75, 3.05) is 0 Å². The zero-order chi connectivity index (χ0) is 9.97. The van der Waals surface area contributed by atoms with Gasteiger partial charge in [-0.1, -0.05) is 11.6 Å². The Bertz CT molecular complexity index is 455. The fourth-order valence-electron chi connectivity index (χ4n) is 1.02. The van der Waals surface area contributed by atoms with Gasteiger partial charge < -0.3 is 0 Å². The number of halogens is 1. The molecule has 0 saturated heterocycles. The minimum Gasteiger partial charge on any atom is -0.177 e. The van der Waals surface area contributed by atoms with E-state index in [-0.39, 0.29) is 5.69 Å². The topological polar surface area (TPSA) is 83.9 Å². The maximum Gasteiger partial charge on any atom is 0.206 e. The molecule has 14 heavy (non-hydrogen) atoms. The molecule has 0 aliphatic heterocycles. The lowest BCUT2D eigenvalue weighted by molar-refractivity contribution is 0.881. The van der Waals surface area contributed by atoms with E-state index < -0.39 is 0 Å². The summed E-state index contributed by atoms with van der Waals surface area (Å²) in [5.41, 5.74) is 0.798. The average Bonchev–Trinajstić information content (AvgIpc) is 2.71. The zero-order valence-electron chi connectivity index (χ0n) is 6.81. The largest absolute Gasteiger partial charge is 0.206 e. The fourth-order valence-corrected chi connectivity index (χ4v) is 1.22. The predicted octanol–water partition coefficient (Wildman–Crippen LogP) is 1.92. The Kier molecular flexibility index (Phi) is 2.19. The number of tetrazole rings is 1. The number of aromatic amines is 1. The summed E-state index contributed by atoms with van der Waals surface area (Å²) in [5, 5.41) is 16.4. The lowest BCUT2D eigenvalue weighted by atomic mass is 10.2. The van der Waals surface area contributed by atoms with E-state index in [2.05, 4.69) is 25.8 Å². The first kappa shape index (κ1) is 8.76. The molecule has 1 aromatic carbocycles. The van der Waals surface area contributed by atoms with Crippen molar-refractivity contribution < 1.29 is 0 Å². The Morgan fingerprint density at radius 3 is 2.93 bits per heavy atom. The summed E-state index contributed by atoms with van der Waals surface area (Å²) < 4.78 is 0. The summed E-state index contributed by atoms with van der Waals surface area (Å²) in [5.74, 6) is 0.334. The summed E-state index contributed by atoms with van der Waals surface area (Å²) in [7, 11) is 0. The molecule has 0 amide bonds. The van der Waals surface area contributed by atoms with Crippen LogP contribution in [0.25, 0.3) is 11.4 Å². The molecule has 0 aliphatic rings. The maximum atomic E-state index is 10.3. The van der Waals surface area contributed by atoms with Crippen molar-refractivity contribution in [2.45, 2.75) is 0 Å². The smallest absolute Gasteiger partial charge is 0.177 e. The Labute approximate surface area is 83.3 Å². The molecule has 2 aromatic rings. The van der Waals surface area contributed by atoms with Crippen molar-refractivity contribution in [3.63, 3.8) is 0 Å². The van der Waals surface area contributed by atoms with Gasteiger partial charge in [0, 0.05) is 5.56 Å². The minimum absolute atomic E-state index is 0.272. The number of rotatable bonds is 2. The second kappa shape index (κ2) is 3.51. The molecule has 1 aromatic heterocycles. The third kappa shape index (κ3) is 1.47. The first-order chi connectivity index (χ1) is 6.81.